The van der Waals surface area contributed by atoms with E-state index in [-0.39, 0.29) is 6.03 Å². The average molecular weight is 644 g/mol. The van der Waals surface area contributed by atoms with E-state index in [2.05, 4.69) is 32.8 Å². The van der Waals surface area contributed by atoms with Gasteiger partial charge in [0.1, 0.15) is 11.6 Å². The van der Waals surface area contributed by atoms with Gasteiger partial charge in [0.15, 0.2) is 11.5 Å². The molecule has 0 unspecified atom stereocenters. The van der Waals surface area contributed by atoms with Crippen molar-refractivity contribution in [2.24, 2.45) is 0 Å². The molecule has 11 heteroatoms. The van der Waals surface area contributed by atoms with Gasteiger partial charge in [0, 0.05) is 40.9 Å². The summed E-state index contributed by atoms with van der Waals surface area (Å²) in [5.74, 6) is 3.06. The van der Waals surface area contributed by atoms with Gasteiger partial charge in [0.2, 0.25) is 11.8 Å². The molecule has 6 aromatic rings. The standard InChI is InChI=1S/C37H37N7O4/c1-5-6-9-26-23-34(44(43-26)27-15-12-24(2)13-16-27)41-37(45)40-30-17-19-31(29-11-8-7-10-28(29)30)48-35-20-21-38-36(42-35)39-25-14-18-32(46-3)33(22-25)47-4/h7-8,10-23H,5-6,9H2,1-4H3,(H,38,39,42)(H2,40,41,45). The number of amides is 2. The van der Waals surface area contributed by atoms with Crippen molar-refractivity contribution in [2.45, 2.75) is 33.1 Å². The van der Waals surface area contributed by atoms with Crippen LogP contribution in [0.25, 0.3) is 16.5 Å². The van der Waals surface area contributed by atoms with Crippen molar-refractivity contribution in [1.29, 1.82) is 0 Å². The van der Waals surface area contributed by atoms with Gasteiger partial charge in [0.05, 0.1) is 31.3 Å². The van der Waals surface area contributed by atoms with E-state index in [1.54, 1.807) is 49.4 Å². The van der Waals surface area contributed by atoms with E-state index in [4.69, 9.17) is 19.3 Å². The average Bonchev–Trinajstić information content (AvgIpc) is 3.50. The Morgan fingerprint density at radius 1 is 0.833 bits per heavy atom. The Bertz CT molecular complexity index is 2040. The molecule has 0 aliphatic carbocycles. The zero-order valence-corrected chi connectivity index (χ0v) is 27.3. The van der Waals surface area contributed by atoms with E-state index in [0.29, 0.717) is 40.6 Å². The third-order valence-corrected chi connectivity index (χ3v) is 7.68. The van der Waals surface area contributed by atoms with Gasteiger partial charge in [-0.05, 0) is 56.2 Å². The number of benzene rings is 4. The number of anilines is 4. The van der Waals surface area contributed by atoms with E-state index in [9.17, 15) is 4.79 Å². The number of carbonyl (C=O) groups excluding carboxylic acids is 1. The zero-order chi connectivity index (χ0) is 33.5. The number of hydrogen-bond donors (Lipinski definition) is 3. The first-order valence-corrected chi connectivity index (χ1v) is 15.7. The lowest BCUT2D eigenvalue weighted by Gasteiger charge is -2.14. The molecule has 0 aliphatic heterocycles. The number of methoxy groups -OCH3 is 2. The van der Waals surface area contributed by atoms with Crippen LogP contribution in [-0.2, 0) is 6.42 Å². The SMILES string of the molecule is CCCCc1cc(NC(=O)Nc2ccc(Oc3ccnc(Nc4ccc(OC)c(OC)c4)n3)c3ccccc23)n(-c2ccc(C)cc2)n1. The molecular formula is C37H37N7O4. The predicted octanol–water partition coefficient (Wildman–Crippen LogP) is 8.66. The van der Waals surface area contributed by atoms with Gasteiger partial charge in [-0.1, -0.05) is 55.3 Å². The summed E-state index contributed by atoms with van der Waals surface area (Å²) in [7, 11) is 3.17. The van der Waals surface area contributed by atoms with Crippen molar-refractivity contribution >= 4 is 39.9 Å². The molecule has 11 nitrogen and oxygen atoms in total. The van der Waals surface area contributed by atoms with E-state index in [0.717, 1.165) is 52.7 Å². The number of aromatic nitrogens is 4. The number of hydrogen-bond acceptors (Lipinski definition) is 8. The number of rotatable bonds is 12. The smallest absolute Gasteiger partial charge is 0.324 e. The number of ether oxygens (including phenoxy) is 3. The Hall–Kier alpha value is -6.10. The largest absolute Gasteiger partial charge is 0.493 e. The molecule has 0 radical (unpaired) electrons. The summed E-state index contributed by atoms with van der Waals surface area (Å²) < 4.78 is 18.7. The van der Waals surface area contributed by atoms with Crippen LogP contribution in [0.3, 0.4) is 0 Å². The van der Waals surface area contributed by atoms with Gasteiger partial charge < -0.3 is 24.8 Å². The molecule has 0 saturated carbocycles. The number of fused-ring (bicyclic) bond motifs is 1. The van der Waals surface area contributed by atoms with Crippen molar-refractivity contribution in [3.63, 3.8) is 0 Å². The lowest BCUT2D eigenvalue weighted by atomic mass is 10.1. The first-order valence-electron chi connectivity index (χ1n) is 15.7. The molecule has 0 aliphatic rings. The predicted molar refractivity (Wildman–Crippen MR) is 188 cm³/mol. The molecule has 0 fully saturated rings. The molecule has 0 spiro atoms. The first kappa shape index (κ1) is 31.9. The molecule has 4 aromatic carbocycles. The molecule has 0 atom stereocenters. The lowest BCUT2D eigenvalue weighted by Crippen LogP contribution is -2.21. The van der Waals surface area contributed by atoms with Crippen LogP contribution in [0.5, 0.6) is 23.1 Å². The quantitative estimate of drug-likeness (QED) is 0.121. The molecule has 2 amide bonds. The van der Waals surface area contributed by atoms with Crippen LogP contribution in [-0.4, -0.2) is 40.0 Å². The highest BCUT2D eigenvalue weighted by Gasteiger charge is 2.16. The maximum Gasteiger partial charge on any atom is 0.324 e. The fraction of sp³-hybridized carbons (Fsp3) is 0.189. The Balaban J connectivity index is 1.20. The summed E-state index contributed by atoms with van der Waals surface area (Å²) in [6.07, 6.45) is 4.52. The van der Waals surface area contributed by atoms with Gasteiger partial charge in [-0.25, -0.2) is 14.5 Å². The zero-order valence-electron chi connectivity index (χ0n) is 27.3. The van der Waals surface area contributed by atoms with Crippen molar-refractivity contribution in [1.82, 2.24) is 19.7 Å². The van der Waals surface area contributed by atoms with Crippen molar-refractivity contribution in [3.05, 3.63) is 108 Å². The molecule has 244 valence electrons. The molecule has 3 N–H and O–H groups in total. The highest BCUT2D eigenvalue weighted by Crippen LogP contribution is 2.35. The lowest BCUT2D eigenvalue weighted by molar-refractivity contribution is 0.262. The normalized spacial score (nSPS) is 10.8. The fourth-order valence-corrected chi connectivity index (χ4v) is 5.24. The van der Waals surface area contributed by atoms with E-state index in [1.165, 1.54) is 0 Å². The molecule has 2 heterocycles. The van der Waals surface area contributed by atoms with Crippen molar-refractivity contribution in [2.75, 3.05) is 30.2 Å². The third-order valence-electron chi connectivity index (χ3n) is 7.68. The Morgan fingerprint density at radius 3 is 2.38 bits per heavy atom. The minimum atomic E-state index is -0.384. The third kappa shape index (κ3) is 7.31. The number of urea groups is 1. The Kier molecular flexibility index (Phi) is 9.66. The number of unbranched alkanes of at least 4 members (excludes halogenated alkanes) is 1. The Labute approximate surface area is 278 Å². The maximum absolute atomic E-state index is 13.4. The molecule has 2 aromatic heterocycles. The minimum Gasteiger partial charge on any atom is -0.493 e. The van der Waals surface area contributed by atoms with Crippen LogP contribution in [0.1, 0.15) is 31.0 Å². The van der Waals surface area contributed by atoms with Crippen LogP contribution >= 0.6 is 0 Å². The van der Waals surface area contributed by atoms with E-state index < -0.39 is 0 Å². The molecule has 0 bridgehead atoms. The van der Waals surface area contributed by atoms with Crippen molar-refractivity contribution in [3.8, 4) is 28.8 Å². The molecule has 0 saturated heterocycles. The van der Waals surface area contributed by atoms with Crippen LogP contribution in [0.4, 0.5) is 27.9 Å². The van der Waals surface area contributed by atoms with Gasteiger partial charge >= 0.3 is 6.03 Å². The summed E-state index contributed by atoms with van der Waals surface area (Å²) in [6, 6.07) is 28.0. The summed E-state index contributed by atoms with van der Waals surface area (Å²) in [5, 5.41) is 15.6. The second-order valence-electron chi connectivity index (χ2n) is 11.1. The minimum absolute atomic E-state index is 0.347. The monoisotopic (exact) mass is 643 g/mol. The first-order chi connectivity index (χ1) is 23.4. The Morgan fingerprint density at radius 2 is 1.60 bits per heavy atom. The van der Waals surface area contributed by atoms with Gasteiger partial charge in [-0.3, -0.25) is 5.32 Å². The van der Waals surface area contributed by atoms with Gasteiger partial charge in [-0.15, -0.1) is 0 Å². The van der Waals surface area contributed by atoms with E-state index in [1.807, 2.05) is 73.7 Å². The topological polar surface area (TPSA) is 124 Å². The molecule has 48 heavy (non-hydrogen) atoms. The van der Waals surface area contributed by atoms with Gasteiger partial charge in [-0.2, -0.15) is 10.1 Å². The fourth-order valence-electron chi connectivity index (χ4n) is 5.24. The highest BCUT2D eigenvalue weighted by atomic mass is 16.5. The van der Waals surface area contributed by atoms with Crippen molar-refractivity contribution < 1.29 is 19.0 Å². The number of carbonyl (C=O) groups is 1. The number of nitrogens with one attached hydrogen (secondary N) is 3. The summed E-state index contributed by atoms with van der Waals surface area (Å²) in [6.45, 7) is 4.19. The maximum atomic E-state index is 13.4. The van der Waals surface area contributed by atoms with Crippen LogP contribution in [0.2, 0.25) is 0 Å². The second kappa shape index (κ2) is 14.5. The second-order valence-corrected chi connectivity index (χ2v) is 11.1. The van der Waals surface area contributed by atoms with Crippen LogP contribution in [0, 0.1) is 6.92 Å². The van der Waals surface area contributed by atoms with E-state index >= 15 is 0 Å². The summed E-state index contributed by atoms with van der Waals surface area (Å²) in [5.41, 5.74) is 4.29. The molecular weight excluding hydrogens is 606 g/mol. The van der Waals surface area contributed by atoms with Crippen LogP contribution in [0.15, 0.2) is 97.2 Å². The summed E-state index contributed by atoms with van der Waals surface area (Å²) in [4.78, 5) is 22.3. The highest BCUT2D eigenvalue weighted by molar-refractivity contribution is 6.07. The molecule has 6 rings (SSSR count). The summed E-state index contributed by atoms with van der Waals surface area (Å²) >= 11 is 0. The van der Waals surface area contributed by atoms with Crippen LogP contribution < -0.4 is 30.2 Å². The van der Waals surface area contributed by atoms with Gasteiger partial charge in [0.25, 0.3) is 0 Å². The number of nitrogens with zero attached hydrogens (tertiary/aromatic N) is 4. The number of aryl methyl sites for hydroxylation is 2.